The lowest BCUT2D eigenvalue weighted by Crippen LogP contribution is -2.02. The highest BCUT2D eigenvalue weighted by Gasteiger charge is 2.01. The molecule has 0 fully saturated rings. The van der Waals surface area contributed by atoms with Gasteiger partial charge in [-0.25, -0.2) is 0 Å². The summed E-state index contributed by atoms with van der Waals surface area (Å²) in [7, 11) is 0. The molecule has 15 heavy (non-hydrogen) atoms. The molecular weight excluding hydrogens is 208 g/mol. The van der Waals surface area contributed by atoms with Crippen LogP contribution in [0.1, 0.15) is 31.7 Å². The quantitative estimate of drug-likeness (QED) is 0.769. The lowest BCUT2D eigenvalue weighted by atomic mass is 10.2. The third-order valence-corrected chi connectivity index (χ3v) is 2.43. The van der Waals surface area contributed by atoms with Crippen molar-refractivity contribution < 1.29 is 0 Å². The molecule has 2 nitrogen and oxygen atoms in total. The summed E-state index contributed by atoms with van der Waals surface area (Å²) in [5, 5.41) is 12.7. The summed E-state index contributed by atoms with van der Waals surface area (Å²) in [4.78, 5) is 0. The summed E-state index contributed by atoms with van der Waals surface area (Å²) < 4.78 is 0. The summed E-state index contributed by atoms with van der Waals surface area (Å²) in [5.74, 6) is 0. The van der Waals surface area contributed by atoms with Gasteiger partial charge in [0.1, 0.15) is 6.07 Å². The van der Waals surface area contributed by atoms with Crippen molar-refractivity contribution in [3.8, 4) is 6.07 Å². The van der Waals surface area contributed by atoms with Crippen LogP contribution in [0, 0.1) is 11.3 Å². The van der Waals surface area contributed by atoms with E-state index in [9.17, 15) is 0 Å². The van der Waals surface area contributed by atoms with E-state index >= 15 is 0 Å². The molecule has 0 aliphatic heterocycles. The van der Waals surface area contributed by atoms with E-state index in [4.69, 9.17) is 16.9 Å². The Morgan fingerprint density at radius 2 is 2.20 bits per heavy atom. The Balaban J connectivity index is 2.57. The molecule has 0 heterocycles. The predicted molar refractivity (Wildman–Crippen MR) is 64.2 cm³/mol. The minimum absolute atomic E-state index is 0.602. The second-order valence-corrected chi connectivity index (χ2v) is 3.87. The fourth-order valence-corrected chi connectivity index (χ4v) is 1.53. The van der Waals surface area contributed by atoms with Crippen LogP contribution in [0.15, 0.2) is 18.2 Å². The van der Waals surface area contributed by atoms with Gasteiger partial charge in [0.25, 0.3) is 0 Å². The smallest absolute Gasteiger partial charge is 0.101 e. The molecule has 1 N–H and O–H groups in total. The molecule has 3 heteroatoms. The van der Waals surface area contributed by atoms with E-state index in [1.54, 1.807) is 12.1 Å². The van der Waals surface area contributed by atoms with E-state index in [-0.39, 0.29) is 0 Å². The molecule has 0 atom stereocenters. The highest BCUT2D eigenvalue weighted by atomic mass is 35.5. The third-order valence-electron chi connectivity index (χ3n) is 2.20. The summed E-state index contributed by atoms with van der Waals surface area (Å²) in [5.41, 5.74) is 1.48. The van der Waals surface area contributed by atoms with Crippen molar-refractivity contribution in [3.05, 3.63) is 28.8 Å². The van der Waals surface area contributed by atoms with Gasteiger partial charge in [-0.2, -0.15) is 5.26 Å². The number of hydrogen-bond acceptors (Lipinski definition) is 2. The van der Waals surface area contributed by atoms with E-state index in [0.717, 1.165) is 18.7 Å². The molecule has 0 aliphatic rings. The number of benzene rings is 1. The number of nitriles is 1. The molecule has 1 aromatic rings. The van der Waals surface area contributed by atoms with Crippen LogP contribution >= 0.6 is 11.6 Å². The van der Waals surface area contributed by atoms with Crippen LogP contribution in [0.25, 0.3) is 0 Å². The van der Waals surface area contributed by atoms with E-state index in [2.05, 4.69) is 18.3 Å². The van der Waals surface area contributed by atoms with Gasteiger partial charge in [0.2, 0.25) is 0 Å². The normalized spacial score (nSPS) is 9.67. The Morgan fingerprint density at radius 3 is 2.87 bits per heavy atom. The Kier molecular flexibility index (Phi) is 5.00. The van der Waals surface area contributed by atoms with Gasteiger partial charge in [-0.1, -0.05) is 31.4 Å². The molecular formula is C12H15ClN2. The van der Waals surface area contributed by atoms with Gasteiger partial charge in [-0.05, 0) is 24.6 Å². The maximum absolute atomic E-state index is 8.90. The van der Waals surface area contributed by atoms with E-state index in [1.165, 1.54) is 12.8 Å². The minimum Gasteiger partial charge on any atom is -0.384 e. The van der Waals surface area contributed by atoms with Crippen molar-refractivity contribution in [3.63, 3.8) is 0 Å². The van der Waals surface area contributed by atoms with Crippen LogP contribution in [-0.2, 0) is 0 Å². The maximum Gasteiger partial charge on any atom is 0.101 e. The van der Waals surface area contributed by atoms with Crippen LogP contribution in [0.5, 0.6) is 0 Å². The van der Waals surface area contributed by atoms with E-state index < -0.39 is 0 Å². The fourth-order valence-electron chi connectivity index (χ4n) is 1.36. The van der Waals surface area contributed by atoms with Crippen LogP contribution in [0.2, 0.25) is 5.02 Å². The van der Waals surface area contributed by atoms with Gasteiger partial charge in [-0.3, -0.25) is 0 Å². The molecule has 0 saturated carbocycles. The van der Waals surface area contributed by atoms with Gasteiger partial charge in [-0.15, -0.1) is 0 Å². The number of hydrogen-bond donors (Lipinski definition) is 1. The molecule has 0 bridgehead atoms. The highest BCUT2D eigenvalue weighted by molar-refractivity contribution is 6.30. The average Bonchev–Trinajstić information content (AvgIpc) is 2.26. The first-order valence-corrected chi connectivity index (χ1v) is 5.59. The summed E-state index contributed by atoms with van der Waals surface area (Å²) >= 11 is 5.80. The van der Waals surface area contributed by atoms with Gasteiger partial charge >= 0.3 is 0 Å². The first kappa shape index (κ1) is 11.9. The SMILES string of the molecule is CCCCCNc1ccc(Cl)cc1C#N. The monoisotopic (exact) mass is 222 g/mol. The lowest BCUT2D eigenvalue weighted by Gasteiger charge is -2.07. The third kappa shape index (κ3) is 3.81. The topological polar surface area (TPSA) is 35.8 Å². The second kappa shape index (κ2) is 6.31. The van der Waals surface area contributed by atoms with Gasteiger partial charge < -0.3 is 5.32 Å². The number of anilines is 1. The first-order chi connectivity index (χ1) is 7.27. The van der Waals surface area contributed by atoms with Crippen LogP contribution < -0.4 is 5.32 Å². The summed E-state index contributed by atoms with van der Waals surface area (Å²) in [6.07, 6.45) is 3.54. The Bertz CT molecular complexity index is 355. The predicted octanol–water partition coefficient (Wildman–Crippen LogP) is 3.81. The maximum atomic E-state index is 8.90. The average molecular weight is 223 g/mol. The van der Waals surface area contributed by atoms with Crippen molar-refractivity contribution in [1.29, 1.82) is 5.26 Å². The lowest BCUT2D eigenvalue weighted by molar-refractivity contribution is 0.743. The molecule has 0 amide bonds. The zero-order valence-corrected chi connectivity index (χ0v) is 9.64. The largest absolute Gasteiger partial charge is 0.384 e. The Hall–Kier alpha value is -1.20. The van der Waals surface area contributed by atoms with Gasteiger partial charge in [0.15, 0.2) is 0 Å². The number of halogens is 1. The summed E-state index contributed by atoms with van der Waals surface area (Å²) in [6.45, 7) is 3.08. The van der Waals surface area contributed by atoms with Crippen LogP contribution in [0.3, 0.4) is 0 Å². The fraction of sp³-hybridized carbons (Fsp3) is 0.417. The van der Waals surface area contributed by atoms with Gasteiger partial charge in [0.05, 0.1) is 11.3 Å². The Labute approximate surface area is 95.9 Å². The van der Waals surface area contributed by atoms with Crippen molar-refractivity contribution >= 4 is 17.3 Å². The molecule has 80 valence electrons. The molecule has 0 aliphatic carbocycles. The molecule has 1 aromatic carbocycles. The molecule has 0 radical (unpaired) electrons. The zero-order valence-electron chi connectivity index (χ0n) is 8.89. The highest BCUT2D eigenvalue weighted by Crippen LogP contribution is 2.19. The van der Waals surface area contributed by atoms with Crippen LogP contribution in [0.4, 0.5) is 5.69 Å². The van der Waals surface area contributed by atoms with Gasteiger partial charge in [0, 0.05) is 11.6 Å². The number of unbranched alkanes of at least 4 members (excludes halogenated alkanes) is 2. The summed E-state index contributed by atoms with van der Waals surface area (Å²) in [6, 6.07) is 7.46. The number of nitrogens with zero attached hydrogens (tertiary/aromatic N) is 1. The second-order valence-electron chi connectivity index (χ2n) is 3.44. The van der Waals surface area contributed by atoms with Crippen molar-refractivity contribution in [1.82, 2.24) is 0 Å². The van der Waals surface area contributed by atoms with E-state index in [1.807, 2.05) is 6.07 Å². The van der Waals surface area contributed by atoms with Crippen molar-refractivity contribution in [2.45, 2.75) is 26.2 Å². The molecule has 0 saturated heterocycles. The zero-order chi connectivity index (χ0) is 11.1. The molecule has 0 aromatic heterocycles. The minimum atomic E-state index is 0.602. The van der Waals surface area contributed by atoms with Crippen LogP contribution in [-0.4, -0.2) is 6.54 Å². The Morgan fingerprint density at radius 1 is 1.40 bits per heavy atom. The van der Waals surface area contributed by atoms with Crippen molar-refractivity contribution in [2.24, 2.45) is 0 Å². The van der Waals surface area contributed by atoms with Crippen molar-refractivity contribution in [2.75, 3.05) is 11.9 Å². The number of rotatable bonds is 5. The first-order valence-electron chi connectivity index (χ1n) is 5.21. The number of nitrogens with one attached hydrogen (secondary N) is 1. The molecule has 1 rings (SSSR count). The molecule has 0 unspecified atom stereocenters. The standard InChI is InChI=1S/C12H15ClN2/c1-2-3-4-7-15-12-6-5-11(13)8-10(12)9-14/h5-6,8,15H,2-4,7H2,1H3. The molecule has 0 spiro atoms. The van der Waals surface area contributed by atoms with E-state index in [0.29, 0.717) is 10.6 Å².